The highest BCUT2D eigenvalue weighted by Gasteiger charge is 2.14. The summed E-state index contributed by atoms with van der Waals surface area (Å²) in [4.78, 5) is 0. The summed E-state index contributed by atoms with van der Waals surface area (Å²) in [5, 5.41) is 2.33. The van der Waals surface area contributed by atoms with Gasteiger partial charge in [-0.1, -0.05) is 36.4 Å². The van der Waals surface area contributed by atoms with Gasteiger partial charge in [-0.3, -0.25) is 0 Å². The number of hydrogen-bond donors (Lipinski definition) is 0. The molecule has 3 aromatic carbocycles. The van der Waals surface area contributed by atoms with Crippen molar-refractivity contribution >= 4 is 21.9 Å². The fourth-order valence-corrected chi connectivity index (χ4v) is 3.79. The van der Waals surface area contributed by atoms with Crippen molar-refractivity contribution in [2.45, 2.75) is 6.92 Å². The molecular formula is C25H20NO+. The Morgan fingerprint density at radius 3 is 2.33 bits per heavy atom. The van der Waals surface area contributed by atoms with Gasteiger partial charge in [0.05, 0.1) is 0 Å². The third-order valence-electron chi connectivity index (χ3n) is 5.28. The number of nitrogens with zero attached hydrogens (tertiary/aromatic N) is 1. The molecule has 130 valence electrons. The van der Waals surface area contributed by atoms with E-state index in [1.54, 1.807) is 0 Å². The summed E-state index contributed by atoms with van der Waals surface area (Å²) >= 11 is 0. The van der Waals surface area contributed by atoms with Gasteiger partial charge in [0.25, 0.3) is 0 Å². The number of rotatable bonds is 2. The van der Waals surface area contributed by atoms with Crippen LogP contribution in [0.15, 0.2) is 89.5 Å². The number of fused-ring (bicyclic) bond motifs is 3. The van der Waals surface area contributed by atoms with Crippen LogP contribution in [0.2, 0.25) is 0 Å². The standard InChI is InChI=1S/C25H20NO/c1-17-10-11-18(15-21(17)23-8-5-6-14-26(23)2)19-12-13-25-22(16-19)20-7-3-4-9-24(20)27-25/h3-16H,1-2H3/q+1. The zero-order valence-electron chi connectivity index (χ0n) is 15.4. The van der Waals surface area contributed by atoms with E-state index in [0.717, 1.165) is 21.9 Å². The first kappa shape index (κ1) is 15.8. The van der Waals surface area contributed by atoms with E-state index in [2.05, 4.69) is 91.5 Å². The number of aromatic nitrogens is 1. The molecule has 27 heavy (non-hydrogen) atoms. The average molecular weight is 350 g/mol. The zero-order valence-corrected chi connectivity index (χ0v) is 15.4. The molecule has 5 rings (SSSR count). The Balaban J connectivity index is 1.70. The van der Waals surface area contributed by atoms with Gasteiger partial charge in [-0.15, -0.1) is 0 Å². The van der Waals surface area contributed by atoms with Gasteiger partial charge >= 0.3 is 0 Å². The number of furan rings is 1. The Hall–Kier alpha value is -3.39. The smallest absolute Gasteiger partial charge is 0.212 e. The first-order valence-corrected chi connectivity index (χ1v) is 9.18. The second-order valence-corrected chi connectivity index (χ2v) is 7.04. The fraction of sp³-hybridized carbons (Fsp3) is 0.0800. The Morgan fingerprint density at radius 1 is 0.704 bits per heavy atom. The lowest BCUT2D eigenvalue weighted by Crippen LogP contribution is -2.30. The summed E-state index contributed by atoms with van der Waals surface area (Å²) in [6.45, 7) is 2.17. The molecule has 0 saturated carbocycles. The van der Waals surface area contributed by atoms with Crippen molar-refractivity contribution in [1.29, 1.82) is 0 Å². The quantitative estimate of drug-likeness (QED) is 0.354. The van der Waals surface area contributed by atoms with Gasteiger partial charge in [0.1, 0.15) is 18.2 Å². The number of benzene rings is 3. The summed E-state index contributed by atoms with van der Waals surface area (Å²) in [7, 11) is 2.09. The zero-order chi connectivity index (χ0) is 18.4. The molecule has 0 bridgehead atoms. The molecule has 0 amide bonds. The van der Waals surface area contributed by atoms with Crippen LogP contribution < -0.4 is 4.57 Å². The van der Waals surface area contributed by atoms with Crippen LogP contribution in [0.1, 0.15) is 5.56 Å². The van der Waals surface area contributed by atoms with E-state index < -0.39 is 0 Å². The Labute approximate surface area is 158 Å². The van der Waals surface area contributed by atoms with Gasteiger partial charge in [0.15, 0.2) is 6.20 Å². The van der Waals surface area contributed by atoms with Gasteiger partial charge in [0.2, 0.25) is 5.69 Å². The van der Waals surface area contributed by atoms with E-state index in [-0.39, 0.29) is 0 Å². The Bertz CT molecular complexity index is 1300. The van der Waals surface area contributed by atoms with Crippen molar-refractivity contribution in [3.63, 3.8) is 0 Å². The highest BCUT2D eigenvalue weighted by Crippen LogP contribution is 2.34. The largest absolute Gasteiger partial charge is 0.456 e. The van der Waals surface area contributed by atoms with Crippen LogP contribution in [0.25, 0.3) is 44.3 Å². The van der Waals surface area contributed by atoms with Gasteiger partial charge in [-0.25, -0.2) is 4.57 Å². The summed E-state index contributed by atoms with van der Waals surface area (Å²) < 4.78 is 8.13. The lowest BCUT2D eigenvalue weighted by molar-refractivity contribution is -0.660. The topological polar surface area (TPSA) is 17.0 Å². The van der Waals surface area contributed by atoms with Crippen LogP contribution in [0.4, 0.5) is 0 Å². The Morgan fingerprint density at radius 2 is 1.44 bits per heavy atom. The molecule has 2 heteroatoms. The van der Waals surface area contributed by atoms with Crippen LogP contribution in [0.5, 0.6) is 0 Å². The van der Waals surface area contributed by atoms with E-state index in [9.17, 15) is 0 Å². The maximum absolute atomic E-state index is 5.97. The van der Waals surface area contributed by atoms with Crippen molar-refractivity contribution in [2.24, 2.45) is 7.05 Å². The number of para-hydroxylation sites is 1. The molecule has 2 aromatic heterocycles. The molecule has 0 aliphatic carbocycles. The SMILES string of the molecule is Cc1ccc(-c2ccc3oc4ccccc4c3c2)cc1-c1cccc[n+]1C. The van der Waals surface area contributed by atoms with Gasteiger partial charge in [-0.05, 0) is 53.9 Å². The van der Waals surface area contributed by atoms with Gasteiger partial charge in [-0.2, -0.15) is 0 Å². The molecule has 2 nitrogen and oxygen atoms in total. The highest BCUT2D eigenvalue weighted by atomic mass is 16.3. The summed E-state index contributed by atoms with van der Waals surface area (Å²) in [5.41, 5.74) is 8.03. The molecular weight excluding hydrogens is 330 g/mol. The minimum absolute atomic E-state index is 0.932. The molecule has 0 unspecified atom stereocenters. The molecule has 0 N–H and O–H groups in total. The monoisotopic (exact) mass is 350 g/mol. The minimum atomic E-state index is 0.932. The van der Waals surface area contributed by atoms with E-state index in [4.69, 9.17) is 4.42 Å². The summed E-state index contributed by atoms with van der Waals surface area (Å²) in [6.07, 6.45) is 2.09. The minimum Gasteiger partial charge on any atom is -0.456 e. The van der Waals surface area contributed by atoms with Crippen LogP contribution in [-0.4, -0.2) is 0 Å². The molecule has 0 radical (unpaired) electrons. The lowest BCUT2D eigenvalue weighted by atomic mass is 9.96. The fourth-order valence-electron chi connectivity index (χ4n) is 3.79. The third kappa shape index (κ3) is 2.61. The van der Waals surface area contributed by atoms with E-state index >= 15 is 0 Å². The van der Waals surface area contributed by atoms with Crippen molar-refractivity contribution in [3.05, 3.63) is 90.6 Å². The summed E-state index contributed by atoms with van der Waals surface area (Å²) in [6, 6.07) is 27.7. The molecule has 0 atom stereocenters. The van der Waals surface area contributed by atoms with Crippen LogP contribution in [-0.2, 0) is 7.05 Å². The van der Waals surface area contributed by atoms with Crippen molar-refractivity contribution < 1.29 is 8.98 Å². The second-order valence-electron chi connectivity index (χ2n) is 7.04. The molecule has 5 aromatic rings. The van der Waals surface area contributed by atoms with E-state index in [1.807, 2.05) is 12.1 Å². The number of pyridine rings is 1. The maximum Gasteiger partial charge on any atom is 0.212 e. The summed E-state index contributed by atoms with van der Waals surface area (Å²) in [5.74, 6) is 0. The number of hydrogen-bond acceptors (Lipinski definition) is 1. The van der Waals surface area contributed by atoms with Crippen LogP contribution in [0.3, 0.4) is 0 Å². The van der Waals surface area contributed by atoms with Crippen LogP contribution in [0, 0.1) is 6.92 Å². The molecule has 2 heterocycles. The lowest BCUT2D eigenvalue weighted by Gasteiger charge is -2.08. The Kier molecular flexibility index (Phi) is 3.58. The molecule has 0 aliphatic heterocycles. The third-order valence-corrected chi connectivity index (χ3v) is 5.28. The second kappa shape index (κ2) is 6.10. The molecule has 0 fully saturated rings. The number of aryl methyl sites for hydroxylation is 2. The van der Waals surface area contributed by atoms with Crippen molar-refractivity contribution in [1.82, 2.24) is 0 Å². The average Bonchev–Trinajstić information content (AvgIpc) is 3.07. The molecule has 0 spiro atoms. The first-order chi connectivity index (χ1) is 13.2. The predicted molar refractivity (Wildman–Crippen MR) is 111 cm³/mol. The normalized spacial score (nSPS) is 11.3. The molecule has 0 aliphatic rings. The van der Waals surface area contributed by atoms with Crippen molar-refractivity contribution in [3.8, 4) is 22.4 Å². The van der Waals surface area contributed by atoms with Crippen molar-refractivity contribution in [2.75, 3.05) is 0 Å². The van der Waals surface area contributed by atoms with E-state index in [0.29, 0.717) is 0 Å². The van der Waals surface area contributed by atoms with Gasteiger partial charge < -0.3 is 4.42 Å². The van der Waals surface area contributed by atoms with Gasteiger partial charge in [0, 0.05) is 28.5 Å². The van der Waals surface area contributed by atoms with E-state index in [1.165, 1.54) is 27.9 Å². The maximum atomic E-state index is 5.97. The predicted octanol–water partition coefficient (Wildman–Crippen LogP) is 6.05. The molecule has 0 saturated heterocycles. The first-order valence-electron chi connectivity index (χ1n) is 9.18. The highest BCUT2D eigenvalue weighted by molar-refractivity contribution is 6.06. The van der Waals surface area contributed by atoms with Crippen LogP contribution >= 0.6 is 0 Å².